The Morgan fingerprint density at radius 2 is 1.79 bits per heavy atom. The Kier molecular flexibility index (Phi) is 5.23. The summed E-state index contributed by atoms with van der Waals surface area (Å²) in [6, 6.07) is 15.9. The number of rotatable bonds is 5. The van der Waals surface area contributed by atoms with Crippen LogP contribution in [0.5, 0.6) is 0 Å². The molecule has 0 bridgehead atoms. The van der Waals surface area contributed by atoms with Crippen molar-refractivity contribution in [2.75, 3.05) is 37.6 Å². The average Bonchev–Trinajstić information content (AvgIpc) is 3.63. The van der Waals surface area contributed by atoms with Gasteiger partial charge in [-0.3, -0.25) is 9.69 Å². The molecule has 152 valence electrons. The highest BCUT2D eigenvalue weighted by molar-refractivity contribution is 5.78. The second kappa shape index (κ2) is 8.15. The zero-order valence-electron chi connectivity index (χ0n) is 17.0. The van der Waals surface area contributed by atoms with E-state index in [0.717, 1.165) is 32.0 Å². The predicted molar refractivity (Wildman–Crippen MR) is 115 cm³/mol. The fourth-order valence-corrected chi connectivity index (χ4v) is 4.95. The number of nitrogens with zero attached hydrogens (tertiary/aromatic N) is 4. The van der Waals surface area contributed by atoms with Crippen LogP contribution in [0.2, 0.25) is 0 Å². The maximum absolute atomic E-state index is 13.2. The zero-order valence-corrected chi connectivity index (χ0v) is 17.0. The number of carbonyl (C=O) groups excluding carboxylic acids is 1. The van der Waals surface area contributed by atoms with Crippen molar-refractivity contribution in [3.05, 3.63) is 59.8 Å². The second-order valence-electron chi connectivity index (χ2n) is 8.57. The topological polar surface area (TPSA) is 39.7 Å². The van der Waals surface area contributed by atoms with Crippen LogP contribution in [-0.2, 0) is 11.2 Å². The first-order chi connectivity index (χ1) is 14.3. The number of aromatic nitrogens is 1. The number of hydrogen-bond acceptors (Lipinski definition) is 4. The van der Waals surface area contributed by atoms with Crippen LogP contribution in [0, 0.1) is 0 Å². The summed E-state index contributed by atoms with van der Waals surface area (Å²) in [6.07, 6.45) is 7.88. The molecule has 1 amide bonds. The summed E-state index contributed by atoms with van der Waals surface area (Å²) in [4.78, 5) is 24.5. The van der Waals surface area contributed by atoms with Crippen molar-refractivity contribution in [2.24, 2.45) is 0 Å². The van der Waals surface area contributed by atoms with Crippen LogP contribution in [0.3, 0.4) is 0 Å². The van der Waals surface area contributed by atoms with Gasteiger partial charge < -0.3 is 9.80 Å². The lowest BCUT2D eigenvalue weighted by Gasteiger charge is -2.39. The number of anilines is 1. The van der Waals surface area contributed by atoms with Gasteiger partial charge in [0.05, 0.1) is 6.54 Å². The Labute approximate surface area is 173 Å². The second-order valence-corrected chi connectivity index (χ2v) is 8.57. The summed E-state index contributed by atoms with van der Waals surface area (Å²) in [7, 11) is 0. The van der Waals surface area contributed by atoms with E-state index in [9.17, 15) is 4.79 Å². The highest BCUT2D eigenvalue weighted by Gasteiger charge is 2.38. The molecule has 1 unspecified atom stereocenters. The standard InChI is InChI=1S/C24H30N4O/c29-24(27-16-14-26(15-17-27)23-10-3-4-13-25-23)18-28(20-11-12-20)22-9-5-7-19-6-1-2-8-21(19)22/h1-4,6,8,10,13,20,22H,5,7,9,11-12,14-18H2. The first-order valence-electron chi connectivity index (χ1n) is 11.1. The highest BCUT2D eigenvalue weighted by atomic mass is 16.2. The fraction of sp³-hybridized carbons (Fsp3) is 0.500. The molecule has 1 atom stereocenters. The van der Waals surface area contributed by atoms with E-state index in [2.05, 4.69) is 43.9 Å². The molecule has 2 heterocycles. The molecule has 5 nitrogen and oxygen atoms in total. The SMILES string of the molecule is O=C(CN(C1CC1)C1CCCc2ccccc21)N1CCN(c2ccccn2)CC1. The van der Waals surface area contributed by atoms with Gasteiger partial charge in [-0.25, -0.2) is 4.98 Å². The summed E-state index contributed by atoms with van der Waals surface area (Å²) < 4.78 is 0. The Morgan fingerprint density at radius 3 is 2.55 bits per heavy atom. The maximum atomic E-state index is 13.2. The van der Waals surface area contributed by atoms with Crippen molar-refractivity contribution in [3.63, 3.8) is 0 Å². The maximum Gasteiger partial charge on any atom is 0.236 e. The fourth-order valence-electron chi connectivity index (χ4n) is 4.95. The lowest BCUT2D eigenvalue weighted by Crippen LogP contribution is -2.52. The van der Waals surface area contributed by atoms with E-state index >= 15 is 0 Å². The van der Waals surface area contributed by atoms with Gasteiger partial charge in [0.1, 0.15) is 5.82 Å². The normalized spacial score (nSPS) is 21.9. The third kappa shape index (κ3) is 4.01. The molecule has 1 aromatic carbocycles. The Bertz CT molecular complexity index is 843. The molecule has 1 saturated heterocycles. The number of pyridine rings is 1. The van der Waals surface area contributed by atoms with Gasteiger partial charge in [0.15, 0.2) is 0 Å². The van der Waals surface area contributed by atoms with Gasteiger partial charge in [-0.1, -0.05) is 30.3 Å². The van der Waals surface area contributed by atoms with Crippen molar-refractivity contribution in [1.29, 1.82) is 0 Å². The number of benzene rings is 1. The van der Waals surface area contributed by atoms with E-state index in [1.54, 1.807) is 0 Å². The smallest absolute Gasteiger partial charge is 0.236 e. The molecule has 0 spiro atoms. The van der Waals surface area contributed by atoms with Crippen LogP contribution in [0.4, 0.5) is 5.82 Å². The van der Waals surface area contributed by atoms with Crippen molar-refractivity contribution in [2.45, 2.75) is 44.2 Å². The molecular formula is C24H30N4O. The molecule has 29 heavy (non-hydrogen) atoms. The van der Waals surface area contributed by atoms with E-state index in [-0.39, 0.29) is 0 Å². The number of hydrogen-bond donors (Lipinski definition) is 0. The monoisotopic (exact) mass is 390 g/mol. The van der Waals surface area contributed by atoms with Gasteiger partial charge in [-0.2, -0.15) is 0 Å². The van der Waals surface area contributed by atoms with Crippen LogP contribution in [0.15, 0.2) is 48.7 Å². The summed E-state index contributed by atoms with van der Waals surface area (Å²) in [5.74, 6) is 1.30. The first kappa shape index (κ1) is 18.6. The van der Waals surface area contributed by atoms with E-state index in [4.69, 9.17) is 0 Å². The third-order valence-corrected chi connectivity index (χ3v) is 6.68. The molecule has 5 rings (SSSR count). The minimum absolute atomic E-state index is 0.292. The Balaban J connectivity index is 1.24. The molecule has 0 N–H and O–H groups in total. The average molecular weight is 391 g/mol. The quantitative estimate of drug-likeness (QED) is 0.786. The number of piperazine rings is 1. The molecule has 2 aliphatic carbocycles. The van der Waals surface area contributed by atoms with Crippen molar-refractivity contribution < 1.29 is 4.79 Å². The molecule has 1 aromatic heterocycles. The lowest BCUT2D eigenvalue weighted by molar-refractivity contribution is -0.133. The number of fused-ring (bicyclic) bond motifs is 1. The van der Waals surface area contributed by atoms with Crippen LogP contribution >= 0.6 is 0 Å². The van der Waals surface area contributed by atoms with Crippen LogP contribution in [0.25, 0.3) is 0 Å². The van der Waals surface area contributed by atoms with Crippen LogP contribution in [0.1, 0.15) is 42.9 Å². The molecule has 5 heteroatoms. The molecule has 1 aliphatic heterocycles. The van der Waals surface area contributed by atoms with Crippen LogP contribution < -0.4 is 4.90 Å². The van der Waals surface area contributed by atoms with E-state index in [0.29, 0.717) is 24.5 Å². The third-order valence-electron chi connectivity index (χ3n) is 6.68. The van der Waals surface area contributed by atoms with Gasteiger partial charge in [-0.15, -0.1) is 0 Å². The summed E-state index contributed by atoms with van der Waals surface area (Å²) in [5, 5.41) is 0. The van der Waals surface area contributed by atoms with E-state index < -0.39 is 0 Å². The van der Waals surface area contributed by atoms with E-state index in [1.165, 1.54) is 43.2 Å². The molecule has 2 aromatic rings. The van der Waals surface area contributed by atoms with Gasteiger partial charge in [-0.05, 0) is 55.4 Å². The van der Waals surface area contributed by atoms with E-state index in [1.807, 2.05) is 24.4 Å². The molecule has 1 saturated carbocycles. The number of aryl methyl sites for hydroxylation is 1. The number of carbonyl (C=O) groups is 1. The summed E-state index contributed by atoms with van der Waals surface area (Å²) in [5.41, 5.74) is 2.93. The largest absolute Gasteiger partial charge is 0.353 e. The minimum Gasteiger partial charge on any atom is -0.353 e. The molecule has 2 fully saturated rings. The van der Waals surface area contributed by atoms with Crippen molar-refractivity contribution in [1.82, 2.24) is 14.8 Å². The molecule has 3 aliphatic rings. The number of amides is 1. The van der Waals surface area contributed by atoms with Gasteiger partial charge >= 0.3 is 0 Å². The van der Waals surface area contributed by atoms with Gasteiger partial charge in [0.25, 0.3) is 0 Å². The highest BCUT2D eigenvalue weighted by Crippen LogP contribution is 2.40. The van der Waals surface area contributed by atoms with Gasteiger partial charge in [0.2, 0.25) is 5.91 Å². The first-order valence-corrected chi connectivity index (χ1v) is 11.1. The van der Waals surface area contributed by atoms with Crippen molar-refractivity contribution >= 4 is 11.7 Å². The molecule has 0 radical (unpaired) electrons. The van der Waals surface area contributed by atoms with Gasteiger partial charge in [0, 0.05) is 44.5 Å². The summed E-state index contributed by atoms with van der Waals surface area (Å²) in [6.45, 7) is 3.86. The zero-order chi connectivity index (χ0) is 19.6. The van der Waals surface area contributed by atoms with Crippen molar-refractivity contribution in [3.8, 4) is 0 Å². The minimum atomic E-state index is 0.292. The Hall–Kier alpha value is -2.40. The predicted octanol–water partition coefficient (Wildman–Crippen LogP) is 3.27. The molecular weight excluding hydrogens is 360 g/mol. The summed E-state index contributed by atoms with van der Waals surface area (Å²) >= 11 is 0. The lowest BCUT2D eigenvalue weighted by atomic mass is 9.86. The van der Waals surface area contributed by atoms with Crippen LogP contribution in [-0.4, -0.2) is 59.5 Å². The Morgan fingerprint density at radius 1 is 1.00 bits per heavy atom.